The van der Waals surface area contributed by atoms with E-state index < -0.39 is 27.4 Å². The Labute approximate surface area is 196 Å². The van der Waals surface area contributed by atoms with Gasteiger partial charge in [-0.05, 0) is 24.1 Å². The first kappa shape index (κ1) is 25.0. The molecule has 2 aromatic carbocycles. The molecule has 3 rings (SSSR count). The van der Waals surface area contributed by atoms with Crippen LogP contribution in [0.3, 0.4) is 0 Å². The van der Waals surface area contributed by atoms with Crippen LogP contribution in [0.1, 0.15) is 28.5 Å². The standard InChI is InChI=1S/C24H25FN2O6S/c1-4-33-24(29)23-21(16-8-9-18(20(25)12-16)14-34(3,30)31)19-7-5-6-17(22(19)26-23)13-27(15-28)10-11-32-2/h5-12,15,26H,4,13-14H2,1-3H3/b11-10-. The lowest BCUT2D eigenvalue weighted by Crippen LogP contribution is -2.14. The van der Waals surface area contributed by atoms with Gasteiger partial charge in [0, 0.05) is 29.0 Å². The van der Waals surface area contributed by atoms with Gasteiger partial charge in [0.05, 0.1) is 37.8 Å². The van der Waals surface area contributed by atoms with Gasteiger partial charge in [-0.2, -0.15) is 0 Å². The number of carbonyl (C=O) groups is 2. The van der Waals surface area contributed by atoms with E-state index in [9.17, 15) is 22.4 Å². The van der Waals surface area contributed by atoms with E-state index >= 15 is 0 Å². The van der Waals surface area contributed by atoms with E-state index in [1.165, 1.54) is 36.6 Å². The lowest BCUT2D eigenvalue weighted by Gasteiger charge is -2.13. The summed E-state index contributed by atoms with van der Waals surface area (Å²) < 4.78 is 48.1. The van der Waals surface area contributed by atoms with Crippen molar-refractivity contribution >= 4 is 33.1 Å². The maximum absolute atomic E-state index is 14.8. The highest BCUT2D eigenvalue weighted by atomic mass is 32.2. The van der Waals surface area contributed by atoms with Crippen LogP contribution in [-0.2, 0) is 36.4 Å². The van der Waals surface area contributed by atoms with Crippen molar-refractivity contribution < 1.29 is 31.9 Å². The highest BCUT2D eigenvalue weighted by Crippen LogP contribution is 2.35. The number of aromatic nitrogens is 1. The Hall–Kier alpha value is -3.66. The van der Waals surface area contributed by atoms with E-state index in [1.54, 1.807) is 31.2 Å². The average Bonchev–Trinajstić information content (AvgIpc) is 3.18. The van der Waals surface area contributed by atoms with Gasteiger partial charge in [-0.15, -0.1) is 0 Å². The topological polar surface area (TPSA) is 106 Å². The number of nitrogens with one attached hydrogen (secondary N) is 1. The molecule has 0 radical (unpaired) electrons. The first-order valence-corrected chi connectivity index (χ1v) is 12.4. The molecule has 0 aliphatic heterocycles. The second-order valence-corrected chi connectivity index (χ2v) is 9.75. The number of ether oxygens (including phenoxy) is 2. The SMILES string of the molecule is CCOC(=O)c1[nH]c2c(CN(C=O)/C=C\OC)cccc2c1-c1ccc(CS(C)(=O)=O)c(F)c1. The van der Waals surface area contributed by atoms with Gasteiger partial charge in [-0.25, -0.2) is 17.6 Å². The number of benzene rings is 2. The molecule has 0 fully saturated rings. The summed E-state index contributed by atoms with van der Waals surface area (Å²) in [7, 11) is -1.96. The van der Waals surface area contributed by atoms with Gasteiger partial charge in [0.15, 0.2) is 9.84 Å². The molecule has 0 saturated carbocycles. The Bertz CT molecular complexity index is 1350. The number of aromatic amines is 1. The lowest BCUT2D eigenvalue weighted by molar-refractivity contribution is -0.116. The van der Waals surface area contributed by atoms with Crippen LogP contribution in [0.15, 0.2) is 48.9 Å². The molecule has 0 aliphatic carbocycles. The summed E-state index contributed by atoms with van der Waals surface area (Å²) in [5, 5.41) is 0.623. The van der Waals surface area contributed by atoms with E-state index in [0.29, 0.717) is 34.0 Å². The zero-order valence-electron chi connectivity index (χ0n) is 19.0. The fourth-order valence-electron chi connectivity index (χ4n) is 3.63. The smallest absolute Gasteiger partial charge is 0.355 e. The number of rotatable bonds is 10. The summed E-state index contributed by atoms with van der Waals surface area (Å²) >= 11 is 0. The highest BCUT2D eigenvalue weighted by molar-refractivity contribution is 7.89. The van der Waals surface area contributed by atoms with Crippen LogP contribution < -0.4 is 0 Å². The number of nitrogens with zero attached hydrogens (tertiary/aromatic N) is 1. The number of H-pyrrole nitrogens is 1. The van der Waals surface area contributed by atoms with Crippen molar-refractivity contribution in [2.75, 3.05) is 20.0 Å². The van der Waals surface area contributed by atoms with Crippen LogP contribution in [0.25, 0.3) is 22.0 Å². The molecule has 0 unspecified atom stereocenters. The molecule has 34 heavy (non-hydrogen) atoms. The van der Waals surface area contributed by atoms with Crippen LogP contribution in [0, 0.1) is 5.82 Å². The van der Waals surface area contributed by atoms with Crippen molar-refractivity contribution in [3.8, 4) is 11.1 Å². The number of amides is 1. The minimum Gasteiger partial charge on any atom is -0.503 e. The fraction of sp³-hybridized carbons (Fsp3) is 0.250. The molecule has 0 atom stereocenters. The molecule has 0 spiro atoms. The van der Waals surface area contributed by atoms with Crippen LogP contribution in [-0.4, -0.2) is 50.7 Å². The highest BCUT2D eigenvalue weighted by Gasteiger charge is 2.23. The Morgan fingerprint density at radius 1 is 1.21 bits per heavy atom. The third kappa shape index (κ3) is 5.63. The number of hydrogen-bond donors (Lipinski definition) is 1. The van der Waals surface area contributed by atoms with Crippen LogP contribution in [0.5, 0.6) is 0 Å². The van der Waals surface area contributed by atoms with E-state index in [2.05, 4.69) is 4.98 Å². The lowest BCUT2D eigenvalue weighted by atomic mass is 9.99. The monoisotopic (exact) mass is 488 g/mol. The van der Waals surface area contributed by atoms with Gasteiger partial charge < -0.3 is 19.4 Å². The van der Waals surface area contributed by atoms with Crippen molar-refractivity contribution in [2.45, 2.75) is 19.2 Å². The summed E-state index contributed by atoms with van der Waals surface area (Å²) in [6, 6.07) is 9.50. The van der Waals surface area contributed by atoms with E-state index in [0.717, 1.165) is 6.26 Å². The summed E-state index contributed by atoms with van der Waals surface area (Å²) in [6.45, 7) is 2.00. The molecular formula is C24H25FN2O6S. The minimum absolute atomic E-state index is 0.0380. The van der Waals surface area contributed by atoms with Crippen LogP contribution in [0.2, 0.25) is 0 Å². The average molecular weight is 489 g/mol. The number of hydrogen-bond acceptors (Lipinski definition) is 6. The predicted molar refractivity (Wildman–Crippen MR) is 126 cm³/mol. The Morgan fingerprint density at radius 2 is 1.97 bits per heavy atom. The summed E-state index contributed by atoms with van der Waals surface area (Å²) in [6.07, 6.45) is 4.50. The van der Waals surface area contributed by atoms with Gasteiger partial charge in [0.2, 0.25) is 6.41 Å². The quantitative estimate of drug-likeness (QED) is 0.265. The number of sulfone groups is 1. The second-order valence-electron chi connectivity index (χ2n) is 7.61. The maximum Gasteiger partial charge on any atom is 0.355 e. The molecule has 0 aliphatic rings. The molecule has 1 heterocycles. The summed E-state index contributed by atoms with van der Waals surface area (Å²) in [4.78, 5) is 28.7. The molecule has 180 valence electrons. The van der Waals surface area contributed by atoms with Crippen molar-refractivity contribution in [3.63, 3.8) is 0 Å². The van der Waals surface area contributed by atoms with E-state index in [-0.39, 0.29) is 24.4 Å². The first-order valence-electron chi connectivity index (χ1n) is 10.4. The zero-order valence-corrected chi connectivity index (χ0v) is 19.8. The van der Waals surface area contributed by atoms with E-state index in [4.69, 9.17) is 9.47 Å². The van der Waals surface area contributed by atoms with Gasteiger partial charge in [0.1, 0.15) is 11.5 Å². The van der Waals surface area contributed by atoms with Gasteiger partial charge >= 0.3 is 5.97 Å². The molecule has 1 amide bonds. The fourth-order valence-corrected chi connectivity index (χ4v) is 4.43. The summed E-state index contributed by atoms with van der Waals surface area (Å²) in [5.74, 6) is -1.75. The third-order valence-corrected chi connectivity index (χ3v) is 5.87. The summed E-state index contributed by atoms with van der Waals surface area (Å²) in [5.41, 5.74) is 2.26. The normalized spacial score (nSPS) is 11.6. The maximum atomic E-state index is 14.8. The number of methoxy groups -OCH3 is 1. The van der Waals surface area contributed by atoms with Crippen molar-refractivity contribution in [2.24, 2.45) is 0 Å². The third-order valence-electron chi connectivity index (χ3n) is 5.04. The number of carbonyl (C=O) groups excluding carboxylic acids is 2. The van der Waals surface area contributed by atoms with Crippen molar-refractivity contribution in [1.29, 1.82) is 0 Å². The molecule has 3 aromatic rings. The molecule has 1 aromatic heterocycles. The molecule has 0 bridgehead atoms. The number of fused-ring (bicyclic) bond motifs is 1. The minimum atomic E-state index is -3.42. The largest absolute Gasteiger partial charge is 0.503 e. The van der Waals surface area contributed by atoms with Gasteiger partial charge in [-0.1, -0.05) is 30.3 Å². The van der Waals surface area contributed by atoms with Crippen LogP contribution in [0.4, 0.5) is 4.39 Å². The number of esters is 1. The van der Waals surface area contributed by atoms with Crippen molar-refractivity contribution in [3.05, 3.63) is 71.5 Å². The number of para-hydroxylation sites is 1. The first-order chi connectivity index (χ1) is 16.2. The van der Waals surface area contributed by atoms with Gasteiger partial charge in [0.25, 0.3) is 0 Å². The molecule has 8 nitrogen and oxygen atoms in total. The molecular weight excluding hydrogens is 463 g/mol. The van der Waals surface area contributed by atoms with Crippen LogP contribution >= 0.6 is 0 Å². The molecule has 1 N–H and O–H groups in total. The molecule has 10 heteroatoms. The second kappa shape index (κ2) is 10.5. The van der Waals surface area contributed by atoms with E-state index in [1.807, 2.05) is 0 Å². The van der Waals surface area contributed by atoms with Crippen molar-refractivity contribution in [1.82, 2.24) is 9.88 Å². The predicted octanol–water partition coefficient (Wildman–Crippen LogP) is 3.77. The van der Waals surface area contributed by atoms with Gasteiger partial charge in [-0.3, -0.25) is 4.79 Å². The zero-order chi connectivity index (χ0) is 24.9. The molecule has 0 saturated heterocycles. The Kier molecular flexibility index (Phi) is 7.72. The Balaban J connectivity index is 2.18. The number of halogens is 1. The Morgan fingerprint density at radius 3 is 2.59 bits per heavy atom.